The molecule has 3 nitrogen and oxygen atoms in total. The van der Waals surface area contributed by atoms with E-state index in [-0.39, 0.29) is 16.9 Å². The Kier molecular flexibility index (Phi) is 3.27. The largest absolute Gasteiger partial charge is 0.326 e. The molecule has 0 radical (unpaired) electrons. The first-order valence-corrected chi connectivity index (χ1v) is 7.84. The van der Waals surface area contributed by atoms with Crippen LogP contribution in [0.25, 0.3) is 0 Å². The average Bonchev–Trinajstić information content (AvgIpc) is 3.09. The normalized spacial score (nSPS) is 18.0. The molecule has 1 saturated carbocycles. The number of benzene rings is 1. The Hall–Kier alpha value is -0.870. The minimum absolute atomic E-state index is 0.148. The first-order chi connectivity index (χ1) is 8.03. The van der Waals surface area contributed by atoms with E-state index in [1.165, 1.54) is 0 Å². The van der Waals surface area contributed by atoms with Crippen LogP contribution in [0.2, 0.25) is 0 Å². The summed E-state index contributed by atoms with van der Waals surface area (Å²) < 4.78 is 23.6. The first kappa shape index (κ1) is 12.6. The van der Waals surface area contributed by atoms with Crippen molar-refractivity contribution in [2.24, 2.45) is 5.73 Å². The number of nitrogens with two attached hydrogens (primary N) is 1. The van der Waals surface area contributed by atoms with Crippen LogP contribution in [0.4, 0.5) is 0 Å². The molecule has 1 aliphatic carbocycles. The monoisotopic (exact) mass is 253 g/mol. The molecule has 0 saturated heterocycles. The lowest BCUT2D eigenvalue weighted by Crippen LogP contribution is -2.24. The standard InChI is InChI=1S/C13H19NO2S/c1-2-17(15,16)10-13(7-8-13)12-6-4-3-5-11(12)9-14/h3-6H,2,7-10,14H2,1H3. The molecule has 2 N–H and O–H groups in total. The molecule has 0 spiro atoms. The maximum Gasteiger partial charge on any atom is 0.150 e. The van der Waals surface area contributed by atoms with E-state index in [1.807, 2.05) is 24.3 Å². The second-order valence-electron chi connectivity index (χ2n) is 4.82. The van der Waals surface area contributed by atoms with Gasteiger partial charge in [-0.25, -0.2) is 8.42 Å². The quantitative estimate of drug-likeness (QED) is 0.867. The molecule has 1 fully saturated rings. The van der Waals surface area contributed by atoms with Gasteiger partial charge in [0.1, 0.15) is 0 Å². The predicted molar refractivity (Wildman–Crippen MR) is 69.6 cm³/mol. The molecular weight excluding hydrogens is 234 g/mol. The van der Waals surface area contributed by atoms with E-state index in [0.717, 1.165) is 24.0 Å². The molecule has 2 rings (SSSR count). The van der Waals surface area contributed by atoms with Crippen LogP contribution in [0.15, 0.2) is 24.3 Å². The van der Waals surface area contributed by atoms with Crippen LogP contribution in [-0.4, -0.2) is 19.9 Å². The van der Waals surface area contributed by atoms with Gasteiger partial charge in [0.2, 0.25) is 0 Å². The van der Waals surface area contributed by atoms with Gasteiger partial charge in [0.05, 0.1) is 5.75 Å². The Morgan fingerprint density at radius 2 is 1.94 bits per heavy atom. The van der Waals surface area contributed by atoms with Crippen LogP contribution in [0.5, 0.6) is 0 Å². The van der Waals surface area contributed by atoms with Gasteiger partial charge in [-0.2, -0.15) is 0 Å². The molecule has 1 aromatic carbocycles. The van der Waals surface area contributed by atoms with Gasteiger partial charge < -0.3 is 5.73 Å². The summed E-state index contributed by atoms with van der Waals surface area (Å²) in [6.07, 6.45) is 1.92. The summed E-state index contributed by atoms with van der Waals surface area (Å²) in [5, 5.41) is 0. The van der Waals surface area contributed by atoms with Crippen molar-refractivity contribution in [1.82, 2.24) is 0 Å². The fraction of sp³-hybridized carbons (Fsp3) is 0.538. The van der Waals surface area contributed by atoms with Gasteiger partial charge >= 0.3 is 0 Å². The fourth-order valence-electron chi connectivity index (χ4n) is 2.38. The Morgan fingerprint density at radius 3 is 2.47 bits per heavy atom. The Labute approximate surface area is 103 Å². The van der Waals surface area contributed by atoms with Gasteiger partial charge in [0, 0.05) is 17.7 Å². The van der Waals surface area contributed by atoms with E-state index in [9.17, 15) is 8.42 Å². The van der Waals surface area contributed by atoms with Crippen molar-refractivity contribution in [2.75, 3.05) is 11.5 Å². The molecule has 0 amide bonds. The molecule has 0 aliphatic heterocycles. The number of rotatable bonds is 5. The maximum absolute atomic E-state index is 11.8. The van der Waals surface area contributed by atoms with Gasteiger partial charge in [-0.05, 0) is 24.0 Å². The summed E-state index contributed by atoms with van der Waals surface area (Å²) in [6.45, 7) is 2.18. The van der Waals surface area contributed by atoms with E-state index in [2.05, 4.69) is 0 Å². The Bertz CT molecular complexity index is 504. The minimum atomic E-state index is -2.93. The summed E-state index contributed by atoms with van der Waals surface area (Å²) in [7, 11) is -2.93. The fourth-order valence-corrected chi connectivity index (χ4v) is 3.87. The van der Waals surface area contributed by atoms with E-state index >= 15 is 0 Å². The summed E-state index contributed by atoms with van der Waals surface area (Å²) in [5.41, 5.74) is 7.79. The predicted octanol–water partition coefficient (Wildman–Crippen LogP) is 1.61. The van der Waals surface area contributed by atoms with Crippen molar-refractivity contribution in [3.63, 3.8) is 0 Å². The first-order valence-electron chi connectivity index (χ1n) is 6.02. The smallest absolute Gasteiger partial charge is 0.150 e. The summed E-state index contributed by atoms with van der Waals surface area (Å²) in [6, 6.07) is 7.94. The van der Waals surface area contributed by atoms with Crippen molar-refractivity contribution < 1.29 is 8.42 Å². The Morgan fingerprint density at radius 1 is 1.29 bits per heavy atom. The molecule has 0 heterocycles. The second-order valence-corrected chi connectivity index (χ2v) is 7.17. The summed E-state index contributed by atoms with van der Waals surface area (Å²) in [4.78, 5) is 0. The lowest BCUT2D eigenvalue weighted by molar-refractivity contribution is 0.586. The molecule has 0 atom stereocenters. The third-order valence-electron chi connectivity index (χ3n) is 3.60. The van der Waals surface area contributed by atoms with Crippen molar-refractivity contribution in [3.8, 4) is 0 Å². The van der Waals surface area contributed by atoms with Crippen LogP contribution < -0.4 is 5.73 Å². The Balaban J connectivity index is 2.33. The lowest BCUT2D eigenvalue weighted by atomic mass is 9.93. The van der Waals surface area contributed by atoms with E-state index < -0.39 is 9.84 Å². The van der Waals surface area contributed by atoms with Crippen LogP contribution in [0.3, 0.4) is 0 Å². The average molecular weight is 253 g/mol. The third-order valence-corrected chi connectivity index (χ3v) is 5.47. The van der Waals surface area contributed by atoms with Gasteiger partial charge in [-0.15, -0.1) is 0 Å². The van der Waals surface area contributed by atoms with Crippen LogP contribution in [-0.2, 0) is 21.8 Å². The van der Waals surface area contributed by atoms with Crippen molar-refractivity contribution >= 4 is 9.84 Å². The molecular formula is C13H19NO2S. The van der Waals surface area contributed by atoms with Gasteiger partial charge in [0.25, 0.3) is 0 Å². The number of hydrogen-bond acceptors (Lipinski definition) is 3. The van der Waals surface area contributed by atoms with Crippen molar-refractivity contribution in [3.05, 3.63) is 35.4 Å². The second kappa shape index (κ2) is 4.42. The topological polar surface area (TPSA) is 60.2 Å². The SMILES string of the molecule is CCS(=O)(=O)CC1(c2ccccc2CN)CC1. The molecule has 0 unspecified atom stereocenters. The zero-order valence-corrected chi connectivity index (χ0v) is 11.0. The number of sulfone groups is 1. The highest BCUT2D eigenvalue weighted by molar-refractivity contribution is 7.91. The minimum Gasteiger partial charge on any atom is -0.326 e. The third kappa shape index (κ3) is 2.53. The van der Waals surface area contributed by atoms with Gasteiger partial charge in [-0.1, -0.05) is 31.2 Å². The molecule has 0 bridgehead atoms. The van der Waals surface area contributed by atoms with Crippen molar-refractivity contribution in [1.29, 1.82) is 0 Å². The molecule has 0 aromatic heterocycles. The zero-order valence-electron chi connectivity index (χ0n) is 10.1. The molecule has 1 aromatic rings. The summed E-state index contributed by atoms with van der Waals surface area (Å²) in [5.74, 6) is 0.493. The maximum atomic E-state index is 11.8. The highest BCUT2D eigenvalue weighted by Gasteiger charge is 2.47. The zero-order chi connectivity index (χ0) is 12.5. The van der Waals surface area contributed by atoms with Gasteiger partial charge in [-0.3, -0.25) is 0 Å². The van der Waals surface area contributed by atoms with Gasteiger partial charge in [0.15, 0.2) is 9.84 Å². The molecule has 4 heteroatoms. The number of hydrogen-bond donors (Lipinski definition) is 1. The van der Waals surface area contributed by atoms with E-state index in [0.29, 0.717) is 6.54 Å². The van der Waals surface area contributed by atoms with Crippen LogP contribution in [0, 0.1) is 0 Å². The van der Waals surface area contributed by atoms with Crippen molar-refractivity contribution in [2.45, 2.75) is 31.7 Å². The molecule has 94 valence electrons. The highest BCUT2D eigenvalue weighted by atomic mass is 32.2. The lowest BCUT2D eigenvalue weighted by Gasteiger charge is -2.18. The summed E-state index contributed by atoms with van der Waals surface area (Å²) >= 11 is 0. The molecule has 17 heavy (non-hydrogen) atoms. The molecule has 1 aliphatic rings. The van der Waals surface area contributed by atoms with E-state index in [4.69, 9.17) is 5.73 Å². The van der Waals surface area contributed by atoms with Crippen LogP contribution >= 0.6 is 0 Å². The van der Waals surface area contributed by atoms with Crippen LogP contribution in [0.1, 0.15) is 30.9 Å². The van der Waals surface area contributed by atoms with E-state index in [1.54, 1.807) is 6.92 Å². The highest BCUT2D eigenvalue weighted by Crippen LogP contribution is 2.50.